The number of methoxy groups -OCH3 is 2. The zero-order valence-corrected chi connectivity index (χ0v) is 15.9. The number of halogens is 1. The predicted molar refractivity (Wildman–Crippen MR) is 103 cm³/mol. The van der Waals surface area contributed by atoms with Crippen LogP contribution >= 0.6 is 11.6 Å². The molecule has 0 aliphatic rings. The molecule has 0 aromatic heterocycles. The average molecular weight is 379 g/mol. The number of nitrogens with zero attached hydrogens (tertiary/aromatic N) is 1. The summed E-state index contributed by atoms with van der Waals surface area (Å²) in [5.74, 6) is 1.77. The number of hydrogen-bond acceptors (Lipinski definition) is 4. The molecule has 0 saturated heterocycles. The van der Waals surface area contributed by atoms with E-state index in [0.717, 1.165) is 5.75 Å². The van der Waals surface area contributed by atoms with Gasteiger partial charge in [0, 0.05) is 19.7 Å². The van der Waals surface area contributed by atoms with E-state index in [4.69, 9.17) is 25.8 Å². The number of anilines is 1. The third-order valence-electron chi connectivity index (χ3n) is 3.71. The topological polar surface area (TPSA) is 60.0 Å². The van der Waals surface area contributed by atoms with Gasteiger partial charge in [-0.2, -0.15) is 0 Å². The number of urea groups is 1. The highest BCUT2D eigenvalue weighted by Gasteiger charge is 2.15. The summed E-state index contributed by atoms with van der Waals surface area (Å²) in [5.41, 5.74) is 0.482. The molecule has 2 aromatic carbocycles. The van der Waals surface area contributed by atoms with E-state index in [1.807, 2.05) is 30.3 Å². The first-order valence-electron chi connectivity index (χ1n) is 8.16. The van der Waals surface area contributed by atoms with Crippen LogP contribution in [0.3, 0.4) is 0 Å². The number of nitrogens with one attached hydrogen (secondary N) is 1. The van der Waals surface area contributed by atoms with Gasteiger partial charge in [0.2, 0.25) is 0 Å². The third-order valence-corrected chi connectivity index (χ3v) is 4.01. The lowest BCUT2D eigenvalue weighted by Gasteiger charge is -2.19. The molecule has 2 aromatic rings. The van der Waals surface area contributed by atoms with Gasteiger partial charge >= 0.3 is 6.03 Å². The molecule has 0 unspecified atom stereocenters. The molecule has 26 heavy (non-hydrogen) atoms. The van der Waals surface area contributed by atoms with E-state index in [1.165, 1.54) is 14.2 Å². The van der Waals surface area contributed by atoms with Gasteiger partial charge in [0.15, 0.2) is 0 Å². The number of amides is 2. The minimum Gasteiger partial charge on any atom is -0.495 e. The summed E-state index contributed by atoms with van der Waals surface area (Å²) in [4.78, 5) is 13.9. The van der Waals surface area contributed by atoms with Gasteiger partial charge < -0.3 is 24.4 Å². The molecular formula is C19H23ClN2O4. The lowest BCUT2D eigenvalue weighted by atomic mass is 10.2. The van der Waals surface area contributed by atoms with Gasteiger partial charge in [0.1, 0.15) is 17.2 Å². The quantitative estimate of drug-likeness (QED) is 0.696. The second-order valence-electron chi connectivity index (χ2n) is 5.55. The molecule has 0 bridgehead atoms. The number of carbonyl (C=O) groups excluding carboxylic acids is 1. The molecule has 0 aliphatic heterocycles. The molecule has 1 N–H and O–H groups in total. The summed E-state index contributed by atoms with van der Waals surface area (Å²) < 4.78 is 16.0. The van der Waals surface area contributed by atoms with Crippen molar-refractivity contribution in [1.29, 1.82) is 0 Å². The highest BCUT2D eigenvalue weighted by molar-refractivity contribution is 6.32. The Balaban J connectivity index is 1.85. The Morgan fingerprint density at radius 1 is 1.12 bits per heavy atom. The Morgan fingerprint density at radius 2 is 1.81 bits per heavy atom. The predicted octanol–water partition coefficient (Wildman–Crippen LogP) is 4.29. The number of rotatable bonds is 8. The fraction of sp³-hybridized carbons (Fsp3) is 0.316. The van der Waals surface area contributed by atoms with Gasteiger partial charge in [-0.05, 0) is 24.6 Å². The highest BCUT2D eigenvalue weighted by Crippen LogP contribution is 2.35. The fourth-order valence-electron chi connectivity index (χ4n) is 2.28. The van der Waals surface area contributed by atoms with Gasteiger partial charge in [-0.1, -0.05) is 29.8 Å². The number of para-hydroxylation sites is 1. The van der Waals surface area contributed by atoms with E-state index in [-0.39, 0.29) is 6.03 Å². The van der Waals surface area contributed by atoms with Crippen LogP contribution in [0.5, 0.6) is 17.2 Å². The molecule has 0 fully saturated rings. The summed E-state index contributed by atoms with van der Waals surface area (Å²) in [5, 5.41) is 3.18. The van der Waals surface area contributed by atoms with Crippen LogP contribution in [0, 0.1) is 0 Å². The first-order valence-corrected chi connectivity index (χ1v) is 8.54. The molecule has 0 spiro atoms. The van der Waals surface area contributed by atoms with Crippen molar-refractivity contribution in [3.8, 4) is 17.2 Å². The molecular weight excluding hydrogens is 356 g/mol. The molecule has 2 rings (SSSR count). The first kappa shape index (κ1) is 19.7. The molecule has 0 radical (unpaired) electrons. The largest absolute Gasteiger partial charge is 0.495 e. The zero-order chi connectivity index (χ0) is 18.9. The molecule has 0 aliphatic carbocycles. The Morgan fingerprint density at radius 3 is 2.46 bits per heavy atom. The van der Waals surface area contributed by atoms with E-state index in [0.29, 0.717) is 41.8 Å². The molecule has 7 heteroatoms. The van der Waals surface area contributed by atoms with Crippen molar-refractivity contribution in [2.75, 3.05) is 39.7 Å². The highest BCUT2D eigenvalue weighted by atomic mass is 35.5. The Hall–Kier alpha value is -2.60. The van der Waals surface area contributed by atoms with Crippen molar-refractivity contribution in [2.45, 2.75) is 6.42 Å². The normalized spacial score (nSPS) is 10.2. The van der Waals surface area contributed by atoms with E-state index in [1.54, 1.807) is 24.1 Å². The maximum absolute atomic E-state index is 12.4. The fourth-order valence-corrected chi connectivity index (χ4v) is 2.52. The van der Waals surface area contributed by atoms with E-state index in [2.05, 4.69) is 5.32 Å². The molecule has 0 heterocycles. The zero-order valence-electron chi connectivity index (χ0n) is 15.1. The summed E-state index contributed by atoms with van der Waals surface area (Å²) >= 11 is 6.12. The monoisotopic (exact) mass is 378 g/mol. The molecule has 0 saturated carbocycles. The standard InChI is InChI=1S/C19H23ClN2O4/c1-22(10-7-11-26-14-8-5-4-6-9-14)19(23)21-16-12-15(20)17(24-2)13-18(16)25-3/h4-6,8-9,12-13H,7,10-11H2,1-3H3,(H,21,23). The molecule has 140 valence electrons. The number of hydrogen-bond donors (Lipinski definition) is 1. The van der Waals surface area contributed by atoms with Crippen LogP contribution in [-0.4, -0.2) is 45.3 Å². The first-order chi connectivity index (χ1) is 12.5. The smallest absolute Gasteiger partial charge is 0.321 e. The Labute approximate surface area is 158 Å². The van der Waals surface area contributed by atoms with E-state index < -0.39 is 0 Å². The van der Waals surface area contributed by atoms with Crippen LogP contribution in [0.25, 0.3) is 0 Å². The molecule has 0 atom stereocenters. The van der Waals surface area contributed by atoms with Crippen molar-refractivity contribution in [3.05, 3.63) is 47.5 Å². The van der Waals surface area contributed by atoms with Crippen LogP contribution in [-0.2, 0) is 0 Å². The van der Waals surface area contributed by atoms with Crippen LogP contribution in [0.2, 0.25) is 5.02 Å². The van der Waals surface area contributed by atoms with Crippen molar-refractivity contribution in [2.24, 2.45) is 0 Å². The van der Waals surface area contributed by atoms with Crippen LogP contribution in [0.15, 0.2) is 42.5 Å². The van der Waals surface area contributed by atoms with Crippen molar-refractivity contribution >= 4 is 23.3 Å². The summed E-state index contributed by atoms with van der Waals surface area (Å²) in [6.07, 6.45) is 0.708. The van der Waals surface area contributed by atoms with Crippen LogP contribution in [0.1, 0.15) is 6.42 Å². The number of benzene rings is 2. The SMILES string of the molecule is COc1cc(OC)c(NC(=O)N(C)CCCOc2ccccc2)cc1Cl. The summed E-state index contributed by atoms with van der Waals surface area (Å²) in [7, 11) is 4.75. The van der Waals surface area contributed by atoms with Gasteiger partial charge in [-0.25, -0.2) is 4.79 Å². The van der Waals surface area contributed by atoms with Gasteiger partial charge in [-0.3, -0.25) is 0 Å². The summed E-state index contributed by atoms with van der Waals surface area (Å²) in [6, 6.07) is 12.5. The van der Waals surface area contributed by atoms with E-state index >= 15 is 0 Å². The minimum atomic E-state index is -0.260. The number of carbonyl (C=O) groups is 1. The molecule has 2 amide bonds. The average Bonchev–Trinajstić information content (AvgIpc) is 2.66. The summed E-state index contributed by atoms with van der Waals surface area (Å²) in [6.45, 7) is 1.07. The van der Waals surface area contributed by atoms with Gasteiger partial charge in [-0.15, -0.1) is 0 Å². The van der Waals surface area contributed by atoms with Crippen LogP contribution < -0.4 is 19.5 Å². The van der Waals surface area contributed by atoms with Crippen molar-refractivity contribution in [3.63, 3.8) is 0 Å². The van der Waals surface area contributed by atoms with Crippen molar-refractivity contribution < 1.29 is 19.0 Å². The minimum absolute atomic E-state index is 0.260. The second kappa shape index (κ2) is 9.77. The van der Waals surface area contributed by atoms with Gasteiger partial charge in [0.05, 0.1) is 31.5 Å². The lowest BCUT2D eigenvalue weighted by Crippen LogP contribution is -2.32. The van der Waals surface area contributed by atoms with Crippen LogP contribution in [0.4, 0.5) is 10.5 Å². The lowest BCUT2D eigenvalue weighted by molar-refractivity contribution is 0.216. The Kier molecular flexibility index (Phi) is 7.41. The maximum atomic E-state index is 12.4. The second-order valence-corrected chi connectivity index (χ2v) is 5.96. The maximum Gasteiger partial charge on any atom is 0.321 e. The molecule has 6 nitrogen and oxygen atoms in total. The Bertz CT molecular complexity index is 725. The third kappa shape index (κ3) is 5.46. The van der Waals surface area contributed by atoms with E-state index in [9.17, 15) is 4.79 Å². The van der Waals surface area contributed by atoms with Crippen molar-refractivity contribution in [1.82, 2.24) is 4.90 Å². The van der Waals surface area contributed by atoms with Gasteiger partial charge in [0.25, 0.3) is 0 Å². The number of ether oxygens (including phenoxy) is 3.